The predicted molar refractivity (Wildman–Crippen MR) is 91.8 cm³/mol. The molecule has 148 valence electrons. The highest BCUT2D eigenvalue weighted by atomic mass is 16.7. The molecule has 0 amide bonds. The van der Waals surface area contributed by atoms with E-state index >= 15 is 0 Å². The summed E-state index contributed by atoms with van der Waals surface area (Å²) in [5.74, 6) is 0.247. The minimum absolute atomic E-state index is 0.00236. The third kappa shape index (κ3) is 5.54. The number of aliphatic hydroxyl groups is 5. The van der Waals surface area contributed by atoms with Gasteiger partial charge in [0.15, 0.2) is 0 Å². The van der Waals surface area contributed by atoms with E-state index in [-0.39, 0.29) is 18.1 Å². The van der Waals surface area contributed by atoms with Crippen LogP contribution in [0.3, 0.4) is 0 Å². The van der Waals surface area contributed by atoms with E-state index in [1.54, 1.807) is 12.1 Å². The Morgan fingerprint density at radius 2 is 1.62 bits per heavy atom. The van der Waals surface area contributed by atoms with Gasteiger partial charge in [-0.1, -0.05) is 12.8 Å². The van der Waals surface area contributed by atoms with E-state index in [4.69, 9.17) is 14.6 Å². The Balaban J connectivity index is 1.99. The van der Waals surface area contributed by atoms with E-state index in [1.807, 2.05) is 0 Å². The molecule has 0 unspecified atom stereocenters. The molecule has 8 heteroatoms. The lowest BCUT2D eigenvalue weighted by atomic mass is 9.99. The summed E-state index contributed by atoms with van der Waals surface area (Å²) in [7, 11) is 0. The van der Waals surface area contributed by atoms with Crippen LogP contribution in [0.4, 0.5) is 0 Å². The summed E-state index contributed by atoms with van der Waals surface area (Å²) in [4.78, 5) is 0. The quantitative estimate of drug-likeness (QED) is 0.324. The average molecular weight is 372 g/mol. The maximum absolute atomic E-state index is 10.0. The van der Waals surface area contributed by atoms with E-state index in [9.17, 15) is 25.5 Å². The highest BCUT2D eigenvalue weighted by molar-refractivity contribution is 5.37. The number of ether oxygens (including phenoxy) is 2. The summed E-state index contributed by atoms with van der Waals surface area (Å²) >= 11 is 0. The topological polar surface area (TPSA) is 140 Å². The molecule has 0 spiro atoms. The molecule has 0 saturated carbocycles. The van der Waals surface area contributed by atoms with Crippen molar-refractivity contribution in [3.8, 4) is 11.5 Å². The first kappa shape index (κ1) is 20.9. The fraction of sp³-hybridized carbons (Fsp3) is 0.667. The minimum Gasteiger partial charge on any atom is -0.508 e. The second kappa shape index (κ2) is 10.1. The molecular formula is C18H28O8. The second-order valence-corrected chi connectivity index (χ2v) is 6.54. The molecule has 1 heterocycles. The van der Waals surface area contributed by atoms with Gasteiger partial charge in [0, 0.05) is 12.7 Å². The molecule has 0 bridgehead atoms. The van der Waals surface area contributed by atoms with Crippen LogP contribution in [0, 0.1) is 0 Å². The maximum atomic E-state index is 10.0. The van der Waals surface area contributed by atoms with Crippen LogP contribution in [0.25, 0.3) is 0 Å². The van der Waals surface area contributed by atoms with Crippen molar-refractivity contribution in [2.24, 2.45) is 0 Å². The molecule has 1 aromatic rings. The van der Waals surface area contributed by atoms with Crippen LogP contribution < -0.4 is 4.74 Å². The van der Waals surface area contributed by atoms with Crippen LogP contribution in [0.1, 0.15) is 31.2 Å². The highest BCUT2D eigenvalue weighted by Crippen LogP contribution is 2.28. The van der Waals surface area contributed by atoms with Gasteiger partial charge in [-0.3, -0.25) is 0 Å². The molecule has 8 nitrogen and oxygen atoms in total. The number of phenolic OH excluding ortho intramolecular Hbond substituents is 1. The standard InChI is InChI=1S/C18H28O8/c19-6-4-2-1-3-5-11-7-12(21)9-13(8-11)25-18-17(24)16(23)15(22)14(10-20)26-18/h7-9,14-24H,1-6,10H2/t14-,15-,16+,17-,18-/m1/s1. The van der Waals surface area contributed by atoms with E-state index in [2.05, 4.69) is 0 Å². The second-order valence-electron chi connectivity index (χ2n) is 6.54. The zero-order valence-electron chi connectivity index (χ0n) is 14.6. The van der Waals surface area contributed by atoms with Crippen molar-refractivity contribution < 1.29 is 40.1 Å². The first-order valence-electron chi connectivity index (χ1n) is 8.87. The molecule has 0 radical (unpaired) electrons. The number of phenols is 1. The lowest BCUT2D eigenvalue weighted by Gasteiger charge is -2.39. The Morgan fingerprint density at radius 3 is 2.31 bits per heavy atom. The smallest absolute Gasteiger partial charge is 0.229 e. The molecule has 6 N–H and O–H groups in total. The summed E-state index contributed by atoms with van der Waals surface area (Å²) in [6.45, 7) is -0.354. The summed E-state index contributed by atoms with van der Waals surface area (Å²) < 4.78 is 10.8. The van der Waals surface area contributed by atoms with Gasteiger partial charge < -0.3 is 40.1 Å². The van der Waals surface area contributed by atoms with E-state index in [0.29, 0.717) is 6.42 Å². The Morgan fingerprint density at radius 1 is 0.885 bits per heavy atom. The number of aryl methyl sites for hydroxylation is 1. The predicted octanol–water partition coefficient (Wildman–Crippen LogP) is -0.334. The third-order valence-electron chi connectivity index (χ3n) is 4.43. The van der Waals surface area contributed by atoms with Crippen LogP contribution in [0.2, 0.25) is 0 Å². The van der Waals surface area contributed by atoms with Gasteiger partial charge in [-0.25, -0.2) is 0 Å². The molecule has 1 saturated heterocycles. The number of aliphatic hydroxyl groups excluding tert-OH is 5. The lowest BCUT2D eigenvalue weighted by Crippen LogP contribution is -2.60. The van der Waals surface area contributed by atoms with Crippen LogP contribution in [0.15, 0.2) is 18.2 Å². The van der Waals surface area contributed by atoms with Gasteiger partial charge in [0.1, 0.15) is 35.9 Å². The monoisotopic (exact) mass is 372 g/mol. The van der Waals surface area contributed by atoms with Crippen LogP contribution >= 0.6 is 0 Å². The van der Waals surface area contributed by atoms with Gasteiger partial charge in [0.25, 0.3) is 0 Å². The van der Waals surface area contributed by atoms with Crippen molar-refractivity contribution in [2.75, 3.05) is 13.2 Å². The molecule has 1 aliphatic heterocycles. The molecule has 1 aliphatic rings. The molecule has 5 atom stereocenters. The Hall–Kier alpha value is -1.42. The number of hydrogen-bond donors (Lipinski definition) is 6. The lowest BCUT2D eigenvalue weighted by molar-refractivity contribution is -0.277. The molecule has 2 rings (SSSR count). The number of unbranched alkanes of at least 4 members (excludes halogenated alkanes) is 3. The van der Waals surface area contributed by atoms with Crippen LogP contribution in [-0.2, 0) is 11.2 Å². The van der Waals surface area contributed by atoms with Crippen molar-refractivity contribution in [2.45, 2.75) is 62.8 Å². The maximum Gasteiger partial charge on any atom is 0.229 e. The SMILES string of the molecule is OCCCCCCc1cc(O)cc(O[C@@H]2O[C@H](CO)[C@@H](O)[C@H](O)[C@H]2O)c1. The summed E-state index contributed by atoms with van der Waals surface area (Å²) in [6, 6.07) is 4.68. The fourth-order valence-electron chi connectivity index (χ4n) is 2.95. The summed E-state index contributed by atoms with van der Waals surface area (Å²) in [5.41, 5.74) is 0.841. The fourth-order valence-corrected chi connectivity index (χ4v) is 2.95. The Bertz CT molecular complexity index is 550. The summed E-state index contributed by atoms with van der Waals surface area (Å²) in [5, 5.41) is 57.5. The number of rotatable bonds is 9. The van der Waals surface area contributed by atoms with Crippen molar-refractivity contribution >= 4 is 0 Å². The number of hydrogen-bond acceptors (Lipinski definition) is 8. The van der Waals surface area contributed by atoms with Crippen LogP contribution in [0.5, 0.6) is 11.5 Å². The molecular weight excluding hydrogens is 344 g/mol. The highest BCUT2D eigenvalue weighted by Gasteiger charge is 2.44. The largest absolute Gasteiger partial charge is 0.508 e. The van der Waals surface area contributed by atoms with Gasteiger partial charge in [-0.05, 0) is 37.0 Å². The zero-order chi connectivity index (χ0) is 19.1. The molecule has 1 fully saturated rings. The van der Waals surface area contributed by atoms with Crippen molar-refractivity contribution in [3.05, 3.63) is 23.8 Å². The van der Waals surface area contributed by atoms with Crippen molar-refractivity contribution in [1.29, 1.82) is 0 Å². The summed E-state index contributed by atoms with van der Waals surface area (Å²) in [6.07, 6.45) is -2.55. The first-order valence-corrected chi connectivity index (χ1v) is 8.87. The van der Waals surface area contributed by atoms with Crippen LogP contribution in [-0.4, -0.2) is 74.6 Å². The Kier molecular flexibility index (Phi) is 8.08. The third-order valence-corrected chi connectivity index (χ3v) is 4.43. The van der Waals surface area contributed by atoms with E-state index in [0.717, 1.165) is 31.2 Å². The average Bonchev–Trinajstić information content (AvgIpc) is 2.61. The Labute approximate surface area is 152 Å². The first-order chi connectivity index (χ1) is 12.5. The number of aromatic hydroxyl groups is 1. The van der Waals surface area contributed by atoms with Crippen molar-refractivity contribution in [3.63, 3.8) is 0 Å². The van der Waals surface area contributed by atoms with Gasteiger partial charge >= 0.3 is 0 Å². The molecule has 0 aliphatic carbocycles. The van der Waals surface area contributed by atoms with Gasteiger partial charge in [0.05, 0.1) is 6.61 Å². The van der Waals surface area contributed by atoms with Gasteiger partial charge in [0.2, 0.25) is 6.29 Å². The molecule has 1 aromatic carbocycles. The number of benzene rings is 1. The molecule has 26 heavy (non-hydrogen) atoms. The zero-order valence-corrected chi connectivity index (χ0v) is 14.6. The van der Waals surface area contributed by atoms with E-state index < -0.39 is 37.3 Å². The van der Waals surface area contributed by atoms with Crippen molar-refractivity contribution in [1.82, 2.24) is 0 Å². The van der Waals surface area contributed by atoms with E-state index in [1.165, 1.54) is 6.07 Å². The van der Waals surface area contributed by atoms with Gasteiger partial charge in [-0.2, -0.15) is 0 Å². The molecule has 0 aromatic heterocycles. The normalized spacial score (nSPS) is 28.9. The minimum atomic E-state index is -1.52. The van der Waals surface area contributed by atoms with Gasteiger partial charge in [-0.15, -0.1) is 0 Å².